The van der Waals surface area contributed by atoms with Crippen molar-refractivity contribution in [2.24, 2.45) is 0 Å². The van der Waals surface area contributed by atoms with Crippen LogP contribution in [0.3, 0.4) is 0 Å². The van der Waals surface area contributed by atoms with E-state index >= 15 is 0 Å². The molecule has 0 radical (unpaired) electrons. The molecule has 1 amide bonds. The maximum Gasteiger partial charge on any atom is 0.252 e. The Balaban J connectivity index is 2.13. The number of carbonyl (C=O) groups excluding carboxylic acids is 1. The van der Waals surface area contributed by atoms with Crippen molar-refractivity contribution in [3.8, 4) is 0 Å². The lowest BCUT2D eigenvalue weighted by molar-refractivity contribution is 0.0330. The van der Waals surface area contributed by atoms with Gasteiger partial charge in [0, 0.05) is 4.90 Å². The minimum atomic E-state index is -1.31. The van der Waals surface area contributed by atoms with Crippen molar-refractivity contribution in [1.82, 2.24) is 5.32 Å². The van der Waals surface area contributed by atoms with E-state index < -0.39 is 5.60 Å². The Bertz CT molecular complexity index is 672. The van der Waals surface area contributed by atoms with Gasteiger partial charge in [-0.1, -0.05) is 23.2 Å². The number of furan rings is 1. The molecule has 0 bridgehead atoms. The first-order valence-electron chi connectivity index (χ1n) is 6.43. The van der Waals surface area contributed by atoms with Crippen molar-refractivity contribution in [1.29, 1.82) is 0 Å². The topological polar surface area (TPSA) is 62.5 Å². The van der Waals surface area contributed by atoms with E-state index in [1.807, 2.05) is 6.26 Å². The average molecular weight is 360 g/mol. The molecule has 1 aromatic heterocycles. The standard InChI is InChI=1S/C15H15Cl2NO3S/c1-15(20,13-4-3-5-21-13)8-18-14(19)9-6-12(22-2)11(17)7-10(9)16/h3-7,20H,8H2,1-2H3,(H,18,19). The summed E-state index contributed by atoms with van der Waals surface area (Å²) in [5.41, 5.74) is -0.994. The van der Waals surface area contributed by atoms with Crippen molar-refractivity contribution in [3.05, 3.63) is 51.9 Å². The van der Waals surface area contributed by atoms with E-state index in [4.69, 9.17) is 27.6 Å². The first kappa shape index (κ1) is 17.2. The van der Waals surface area contributed by atoms with Crippen molar-refractivity contribution >= 4 is 40.9 Å². The second-order valence-electron chi connectivity index (χ2n) is 4.90. The molecule has 1 heterocycles. The normalized spacial score (nSPS) is 13.7. The van der Waals surface area contributed by atoms with E-state index in [1.54, 1.807) is 25.1 Å². The maximum absolute atomic E-state index is 12.3. The van der Waals surface area contributed by atoms with Crippen LogP contribution >= 0.6 is 35.0 Å². The SMILES string of the molecule is CSc1cc(C(=O)NCC(C)(O)c2ccco2)c(Cl)cc1Cl. The Kier molecular flexibility index (Phi) is 5.45. The summed E-state index contributed by atoms with van der Waals surface area (Å²) < 4.78 is 5.16. The van der Waals surface area contributed by atoms with Crippen molar-refractivity contribution in [3.63, 3.8) is 0 Å². The number of hydrogen-bond donors (Lipinski definition) is 2. The molecule has 1 atom stereocenters. The zero-order valence-corrected chi connectivity index (χ0v) is 14.4. The Morgan fingerprint density at radius 3 is 2.73 bits per heavy atom. The zero-order chi connectivity index (χ0) is 16.3. The molecular weight excluding hydrogens is 345 g/mol. The van der Waals surface area contributed by atoms with Crippen LogP contribution in [0.2, 0.25) is 10.0 Å². The summed E-state index contributed by atoms with van der Waals surface area (Å²) in [5.74, 6) is -0.0106. The zero-order valence-electron chi connectivity index (χ0n) is 12.0. The summed E-state index contributed by atoms with van der Waals surface area (Å²) >= 11 is 13.5. The first-order valence-corrected chi connectivity index (χ1v) is 8.41. The molecule has 0 aliphatic rings. The predicted octanol–water partition coefficient (Wildman–Crippen LogP) is 3.95. The summed E-state index contributed by atoms with van der Waals surface area (Å²) in [4.78, 5) is 13.0. The van der Waals surface area contributed by atoms with Gasteiger partial charge in [-0.2, -0.15) is 0 Å². The van der Waals surface area contributed by atoms with Gasteiger partial charge >= 0.3 is 0 Å². The van der Waals surface area contributed by atoms with E-state index in [1.165, 1.54) is 24.1 Å². The molecule has 0 spiro atoms. The summed E-state index contributed by atoms with van der Waals surface area (Å²) in [5, 5.41) is 13.7. The van der Waals surface area contributed by atoms with Gasteiger partial charge in [0.05, 0.1) is 28.4 Å². The number of benzene rings is 1. The lowest BCUT2D eigenvalue weighted by Crippen LogP contribution is -2.38. The molecular formula is C15H15Cl2NO3S. The number of thioether (sulfide) groups is 1. The lowest BCUT2D eigenvalue weighted by atomic mass is 10.0. The molecule has 118 valence electrons. The predicted molar refractivity (Wildman–Crippen MR) is 88.9 cm³/mol. The van der Waals surface area contributed by atoms with Gasteiger partial charge in [0.2, 0.25) is 0 Å². The third-order valence-electron chi connectivity index (χ3n) is 3.13. The monoisotopic (exact) mass is 359 g/mol. The fourth-order valence-electron chi connectivity index (χ4n) is 1.88. The van der Waals surface area contributed by atoms with Gasteiger partial charge in [0.25, 0.3) is 5.91 Å². The Hall–Kier alpha value is -1.14. The van der Waals surface area contributed by atoms with Crippen LogP contribution in [0.4, 0.5) is 0 Å². The number of aliphatic hydroxyl groups is 1. The first-order chi connectivity index (χ1) is 10.3. The number of carbonyl (C=O) groups is 1. The van der Waals surface area contributed by atoms with E-state index in [-0.39, 0.29) is 17.5 Å². The van der Waals surface area contributed by atoms with Crippen molar-refractivity contribution in [2.75, 3.05) is 12.8 Å². The van der Waals surface area contributed by atoms with E-state index in [9.17, 15) is 9.90 Å². The summed E-state index contributed by atoms with van der Waals surface area (Å²) in [6, 6.07) is 6.49. The van der Waals surface area contributed by atoms with Gasteiger partial charge in [0.1, 0.15) is 11.4 Å². The fourth-order valence-corrected chi connectivity index (χ4v) is 3.07. The molecule has 0 saturated carbocycles. The Morgan fingerprint density at radius 2 is 2.14 bits per heavy atom. The van der Waals surface area contributed by atoms with Crippen molar-refractivity contribution < 1.29 is 14.3 Å². The Labute approximate surface area is 142 Å². The molecule has 0 saturated heterocycles. The molecule has 0 aliphatic carbocycles. The molecule has 22 heavy (non-hydrogen) atoms. The van der Waals surface area contributed by atoms with E-state index in [0.29, 0.717) is 16.3 Å². The Morgan fingerprint density at radius 1 is 1.41 bits per heavy atom. The molecule has 0 fully saturated rings. The van der Waals surface area contributed by atoms with Crippen LogP contribution in [0, 0.1) is 0 Å². The number of halogens is 2. The molecule has 2 aromatic rings. The molecule has 7 heteroatoms. The van der Waals surface area contributed by atoms with Crippen LogP contribution in [-0.4, -0.2) is 23.8 Å². The average Bonchev–Trinajstić information content (AvgIpc) is 3.00. The highest BCUT2D eigenvalue weighted by molar-refractivity contribution is 7.98. The quantitative estimate of drug-likeness (QED) is 0.793. The number of nitrogens with one attached hydrogen (secondary N) is 1. The molecule has 0 aliphatic heterocycles. The van der Waals surface area contributed by atoms with Crippen LogP contribution in [0.5, 0.6) is 0 Å². The fraction of sp³-hybridized carbons (Fsp3) is 0.267. The van der Waals surface area contributed by atoms with Gasteiger partial charge in [-0.15, -0.1) is 11.8 Å². The lowest BCUT2D eigenvalue weighted by Gasteiger charge is -2.21. The molecule has 2 N–H and O–H groups in total. The number of amides is 1. The summed E-state index contributed by atoms with van der Waals surface area (Å²) in [6.45, 7) is 1.55. The van der Waals surface area contributed by atoms with Gasteiger partial charge < -0.3 is 14.8 Å². The highest BCUT2D eigenvalue weighted by atomic mass is 35.5. The van der Waals surface area contributed by atoms with Crippen LogP contribution in [-0.2, 0) is 5.60 Å². The minimum absolute atomic E-state index is 0.00704. The second-order valence-corrected chi connectivity index (χ2v) is 6.56. The van der Waals surface area contributed by atoms with Gasteiger partial charge in [0.15, 0.2) is 0 Å². The van der Waals surface area contributed by atoms with E-state index in [0.717, 1.165) is 4.90 Å². The molecule has 1 unspecified atom stereocenters. The van der Waals surface area contributed by atoms with E-state index in [2.05, 4.69) is 5.32 Å². The molecule has 1 aromatic carbocycles. The third kappa shape index (κ3) is 3.79. The smallest absolute Gasteiger partial charge is 0.252 e. The van der Waals surface area contributed by atoms with Crippen LogP contribution < -0.4 is 5.32 Å². The van der Waals surface area contributed by atoms with Gasteiger partial charge in [-0.05, 0) is 37.4 Å². The number of hydrogen-bond acceptors (Lipinski definition) is 4. The second kappa shape index (κ2) is 6.96. The highest BCUT2D eigenvalue weighted by Crippen LogP contribution is 2.31. The molecule has 4 nitrogen and oxygen atoms in total. The van der Waals surface area contributed by atoms with Gasteiger partial charge in [-0.3, -0.25) is 4.79 Å². The summed E-state index contributed by atoms with van der Waals surface area (Å²) in [6.07, 6.45) is 3.32. The van der Waals surface area contributed by atoms with Crippen LogP contribution in [0.15, 0.2) is 39.8 Å². The minimum Gasteiger partial charge on any atom is -0.466 e. The number of rotatable bonds is 5. The molecule has 2 rings (SSSR count). The largest absolute Gasteiger partial charge is 0.466 e. The van der Waals surface area contributed by atoms with Crippen molar-refractivity contribution in [2.45, 2.75) is 17.4 Å². The van der Waals surface area contributed by atoms with Gasteiger partial charge in [-0.25, -0.2) is 0 Å². The van der Waals surface area contributed by atoms with Crippen LogP contribution in [0.25, 0.3) is 0 Å². The summed E-state index contributed by atoms with van der Waals surface area (Å²) in [7, 11) is 0. The highest BCUT2D eigenvalue weighted by Gasteiger charge is 2.27. The van der Waals surface area contributed by atoms with Crippen LogP contribution in [0.1, 0.15) is 23.0 Å². The third-order valence-corrected chi connectivity index (χ3v) is 4.65. The maximum atomic E-state index is 12.3.